The zero-order valence-corrected chi connectivity index (χ0v) is 24.2. The molecule has 4 nitrogen and oxygen atoms in total. The Bertz CT molecular complexity index is 2560. The van der Waals surface area contributed by atoms with Crippen molar-refractivity contribution in [1.82, 2.24) is 15.0 Å². The van der Waals surface area contributed by atoms with Crippen LogP contribution in [-0.4, -0.2) is 15.0 Å². The first-order valence-electron chi connectivity index (χ1n) is 15.0. The summed E-state index contributed by atoms with van der Waals surface area (Å²) in [6.45, 7) is 0. The molecule has 0 fully saturated rings. The average molecular weight is 576 g/mol. The van der Waals surface area contributed by atoms with Crippen LogP contribution in [0.1, 0.15) is 0 Å². The number of fused-ring (bicyclic) bond motifs is 6. The molecule has 0 aliphatic carbocycles. The van der Waals surface area contributed by atoms with Crippen LogP contribution in [0, 0.1) is 0 Å². The van der Waals surface area contributed by atoms with Crippen LogP contribution in [0.25, 0.3) is 88.5 Å². The number of aromatic nitrogens is 3. The van der Waals surface area contributed by atoms with Crippen LogP contribution in [0.15, 0.2) is 156 Å². The Morgan fingerprint density at radius 3 is 1.71 bits per heavy atom. The second kappa shape index (κ2) is 10.2. The Morgan fingerprint density at radius 2 is 0.911 bits per heavy atom. The fraction of sp³-hybridized carbons (Fsp3) is 0. The van der Waals surface area contributed by atoms with Gasteiger partial charge in [-0.1, -0.05) is 109 Å². The molecule has 45 heavy (non-hydrogen) atoms. The molecule has 2 aromatic heterocycles. The van der Waals surface area contributed by atoms with E-state index < -0.39 is 0 Å². The highest BCUT2D eigenvalue weighted by molar-refractivity contribution is 6.09. The molecule has 0 aliphatic rings. The number of para-hydroxylation sites is 1. The van der Waals surface area contributed by atoms with Gasteiger partial charge in [0.05, 0.1) is 0 Å². The van der Waals surface area contributed by atoms with Gasteiger partial charge in [-0.25, -0.2) is 15.0 Å². The van der Waals surface area contributed by atoms with E-state index in [0.29, 0.717) is 11.6 Å². The maximum Gasteiger partial charge on any atom is 0.163 e. The lowest BCUT2D eigenvalue weighted by molar-refractivity contribution is 0.669. The van der Waals surface area contributed by atoms with E-state index in [1.54, 1.807) is 6.33 Å². The summed E-state index contributed by atoms with van der Waals surface area (Å²) in [5.74, 6) is 1.24. The largest absolute Gasteiger partial charge is 0.456 e. The number of benzene rings is 7. The van der Waals surface area contributed by atoms with Crippen molar-refractivity contribution in [3.05, 3.63) is 152 Å². The Morgan fingerprint density at radius 1 is 0.356 bits per heavy atom. The predicted octanol–water partition coefficient (Wildman–Crippen LogP) is 10.7. The molecule has 210 valence electrons. The number of hydrogen-bond acceptors (Lipinski definition) is 4. The topological polar surface area (TPSA) is 51.8 Å². The van der Waals surface area contributed by atoms with Crippen molar-refractivity contribution in [2.75, 3.05) is 0 Å². The highest BCUT2D eigenvalue weighted by Crippen LogP contribution is 2.34. The van der Waals surface area contributed by atoms with Gasteiger partial charge in [0.1, 0.15) is 17.5 Å². The molecule has 0 N–H and O–H groups in total. The van der Waals surface area contributed by atoms with Crippen molar-refractivity contribution in [3.63, 3.8) is 0 Å². The average Bonchev–Trinajstić information content (AvgIpc) is 3.49. The highest BCUT2D eigenvalue weighted by Gasteiger charge is 2.12. The molecule has 4 heteroatoms. The normalized spacial score (nSPS) is 11.6. The molecule has 9 aromatic rings. The van der Waals surface area contributed by atoms with Crippen LogP contribution in [0.4, 0.5) is 0 Å². The van der Waals surface area contributed by atoms with Gasteiger partial charge in [-0.3, -0.25) is 0 Å². The third-order valence-electron chi connectivity index (χ3n) is 8.61. The van der Waals surface area contributed by atoms with E-state index in [-0.39, 0.29) is 0 Å². The van der Waals surface area contributed by atoms with Gasteiger partial charge in [-0.15, -0.1) is 0 Å². The van der Waals surface area contributed by atoms with Crippen molar-refractivity contribution < 1.29 is 4.42 Å². The Hall–Kier alpha value is -6.13. The molecule has 0 atom stereocenters. The predicted molar refractivity (Wildman–Crippen MR) is 184 cm³/mol. The van der Waals surface area contributed by atoms with Crippen LogP contribution in [0.3, 0.4) is 0 Å². The quantitative estimate of drug-likeness (QED) is 0.196. The van der Waals surface area contributed by atoms with Gasteiger partial charge in [0.25, 0.3) is 0 Å². The third-order valence-corrected chi connectivity index (χ3v) is 8.61. The molecule has 0 radical (unpaired) electrons. The Labute approximate surface area is 259 Å². The third kappa shape index (κ3) is 4.43. The number of rotatable bonds is 4. The first kappa shape index (κ1) is 25.4. The lowest BCUT2D eigenvalue weighted by Crippen LogP contribution is -1.95. The zero-order valence-electron chi connectivity index (χ0n) is 24.2. The molecule has 7 aromatic carbocycles. The summed E-state index contributed by atoms with van der Waals surface area (Å²) in [7, 11) is 0. The smallest absolute Gasteiger partial charge is 0.163 e. The van der Waals surface area contributed by atoms with Gasteiger partial charge < -0.3 is 4.42 Å². The SMILES string of the molecule is c1cc(-c2cccc(-c3ncnc(-c4ccc5c(c4)oc4ccccc45)n3)c2)cc(-c2ccc3ccc4ccccc4c3c2)c1. The highest BCUT2D eigenvalue weighted by atomic mass is 16.3. The van der Waals surface area contributed by atoms with Crippen LogP contribution in [0.2, 0.25) is 0 Å². The zero-order chi connectivity index (χ0) is 29.7. The minimum atomic E-state index is 0.610. The number of nitrogens with zero attached hydrogens (tertiary/aromatic N) is 3. The molecular formula is C41H25N3O. The maximum absolute atomic E-state index is 6.10. The summed E-state index contributed by atoms with van der Waals surface area (Å²) in [4.78, 5) is 13.9. The molecular weight excluding hydrogens is 550 g/mol. The van der Waals surface area contributed by atoms with Crippen LogP contribution < -0.4 is 0 Å². The summed E-state index contributed by atoms with van der Waals surface area (Å²) in [5.41, 5.74) is 8.12. The van der Waals surface area contributed by atoms with E-state index >= 15 is 0 Å². The Balaban J connectivity index is 1.06. The van der Waals surface area contributed by atoms with Crippen molar-refractivity contribution in [1.29, 1.82) is 0 Å². The number of hydrogen-bond donors (Lipinski definition) is 0. The van der Waals surface area contributed by atoms with Crippen LogP contribution in [-0.2, 0) is 0 Å². The fourth-order valence-electron chi connectivity index (χ4n) is 6.34. The summed E-state index contributed by atoms with van der Waals surface area (Å²) in [6.07, 6.45) is 1.58. The Kier molecular flexibility index (Phi) is 5.78. The second-order valence-electron chi connectivity index (χ2n) is 11.3. The van der Waals surface area contributed by atoms with E-state index in [4.69, 9.17) is 9.40 Å². The van der Waals surface area contributed by atoms with Gasteiger partial charge in [0.2, 0.25) is 0 Å². The van der Waals surface area contributed by atoms with Gasteiger partial charge in [-0.05, 0) is 80.2 Å². The molecule has 0 saturated carbocycles. The van der Waals surface area contributed by atoms with E-state index in [1.165, 1.54) is 32.7 Å². The van der Waals surface area contributed by atoms with Crippen molar-refractivity contribution in [3.8, 4) is 45.0 Å². The molecule has 0 amide bonds. The van der Waals surface area contributed by atoms with E-state index in [0.717, 1.165) is 44.2 Å². The minimum absolute atomic E-state index is 0.610. The fourth-order valence-corrected chi connectivity index (χ4v) is 6.34. The molecule has 0 bridgehead atoms. The molecule has 0 saturated heterocycles. The lowest BCUT2D eigenvalue weighted by Gasteiger charge is -2.10. The summed E-state index contributed by atoms with van der Waals surface area (Å²) >= 11 is 0. The molecule has 0 aliphatic heterocycles. The maximum atomic E-state index is 6.10. The van der Waals surface area contributed by atoms with Crippen LogP contribution in [0.5, 0.6) is 0 Å². The van der Waals surface area contributed by atoms with E-state index in [2.05, 4.69) is 119 Å². The van der Waals surface area contributed by atoms with E-state index in [1.807, 2.05) is 36.4 Å². The monoisotopic (exact) mass is 575 g/mol. The summed E-state index contributed by atoms with van der Waals surface area (Å²) in [6, 6.07) is 51.0. The van der Waals surface area contributed by atoms with Crippen molar-refractivity contribution in [2.24, 2.45) is 0 Å². The molecule has 0 unspecified atom stereocenters. The first-order chi connectivity index (χ1) is 22.3. The molecule has 9 rings (SSSR count). The van der Waals surface area contributed by atoms with Crippen molar-refractivity contribution in [2.45, 2.75) is 0 Å². The number of furan rings is 1. The standard InChI is InChI=1S/C41H25N3O/c1-2-12-34-26(7-1)15-16-27-17-18-31(23-37(27)34)29-9-5-8-28(21-29)30-10-6-11-32(22-30)40-42-25-43-41(44-40)33-19-20-36-35-13-3-4-14-38(35)45-39(36)24-33/h1-25H. The first-order valence-corrected chi connectivity index (χ1v) is 15.0. The van der Waals surface area contributed by atoms with Crippen molar-refractivity contribution >= 4 is 43.5 Å². The molecule has 2 heterocycles. The van der Waals surface area contributed by atoms with Crippen LogP contribution >= 0.6 is 0 Å². The minimum Gasteiger partial charge on any atom is -0.456 e. The van der Waals surface area contributed by atoms with Gasteiger partial charge in [-0.2, -0.15) is 0 Å². The summed E-state index contributed by atoms with van der Waals surface area (Å²) < 4.78 is 6.10. The van der Waals surface area contributed by atoms with Gasteiger partial charge >= 0.3 is 0 Å². The summed E-state index contributed by atoms with van der Waals surface area (Å²) in [5, 5.41) is 7.22. The molecule has 0 spiro atoms. The second-order valence-corrected chi connectivity index (χ2v) is 11.3. The lowest BCUT2D eigenvalue weighted by atomic mass is 9.95. The van der Waals surface area contributed by atoms with Gasteiger partial charge in [0.15, 0.2) is 11.6 Å². The van der Waals surface area contributed by atoms with Gasteiger partial charge in [0, 0.05) is 21.9 Å². The van der Waals surface area contributed by atoms with E-state index in [9.17, 15) is 0 Å².